The molecule has 5 rings (SSSR count). The van der Waals surface area contributed by atoms with Crippen LogP contribution in [-0.4, -0.2) is 43.9 Å². The molecule has 0 radical (unpaired) electrons. The van der Waals surface area contributed by atoms with Gasteiger partial charge in [-0.25, -0.2) is 8.42 Å². The lowest BCUT2D eigenvalue weighted by molar-refractivity contribution is -0.122. The smallest absolute Gasteiger partial charge is 0.268 e. The molecule has 0 bridgehead atoms. The summed E-state index contributed by atoms with van der Waals surface area (Å²) in [5, 5.41) is 7.35. The Morgan fingerprint density at radius 2 is 1.86 bits per heavy atom. The lowest BCUT2D eigenvalue weighted by atomic mass is 10.1. The molecule has 9 nitrogen and oxygen atoms in total. The van der Waals surface area contributed by atoms with E-state index in [0.29, 0.717) is 54.8 Å². The van der Waals surface area contributed by atoms with Gasteiger partial charge in [-0.2, -0.15) is 5.10 Å². The number of nitrogens with zero attached hydrogens (tertiary/aromatic N) is 3. The highest BCUT2D eigenvalue weighted by atomic mass is 32.2. The predicted octanol–water partition coefficient (Wildman–Crippen LogP) is 2.90. The minimum absolute atomic E-state index is 0.0896. The predicted molar refractivity (Wildman–Crippen MR) is 130 cm³/mol. The van der Waals surface area contributed by atoms with Gasteiger partial charge in [0.25, 0.3) is 10.0 Å². The second-order valence-corrected chi connectivity index (χ2v) is 10.6. The van der Waals surface area contributed by atoms with Gasteiger partial charge in [0, 0.05) is 6.54 Å². The number of carbonyl (C=O) groups is 1. The highest BCUT2D eigenvalue weighted by molar-refractivity contribution is 7.93. The van der Waals surface area contributed by atoms with Crippen molar-refractivity contribution in [3.05, 3.63) is 65.0 Å². The van der Waals surface area contributed by atoms with Crippen LogP contribution in [0.4, 0.5) is 5.69 Å². The van der Waals surface area contributed by atoms with E-state index in [2.05, 4.69) is 10.4 Å². The van der Waals surface area contributed by atoms with E-state index < -0.39 is 10.0 Å². The number of hydrogen-bond donors (Lipinski definition) is 1. The molecule has 10 heteroatoms. The number of hydrogen-bond acceptors (Lipinski definition) is 6. The number of aryl methyl sites for hydroxylation is 1. The van der Waals surface area contributed by atoms with E-state index in [1.54, 1.807) is 13.8 Å². The maximum absolute atomic E-state index is 13.6. The molecule has 0 saturated carbocycles. The number of aromatic nitrogens is 2. The Labute approximate surface area is 204 Å². The third-order valence-electron chi connectivity index (χ3n) is 6.44. The maximum Gasteiger partial charge on any atom is 0.268 e. The first-order valence-electron chi connectivity index (χ1n) is 11.6. The number of amides is 1. The van der Waals surface area contributed by atoms with Crippen molar-refractivity contribution in [1.29, 1.82) is 0 Å². The van der Waals surface area contributed by atoms with Gasteiger partial charge in [-0.3, -0.25) is 13.8 Å². The Bertz CT molecular complexity index is 1400. The number of carbonyl (C=O) groups excluding carboxylic acids is 1. The van der Waals surface area contributed by atoms with Gasteiger partial charge >= 0.3 is 0 Å². The molecule has 0 unspecified atom stereocenters. The van der Waals surface area contributed by atoms with E-state index in [1.807, 2.05) is 49.4 Å². The molecule has 1 atom stereocenters. The molecule has 3 heterocycles. The lowest BCUT2D eigenvalue weighted by Gasteiger charge is -2.21. The summed E-state index contributed by atoms with van der Waals surface area (Å²) < 4.78 is 41.2. The van der Waals surface area contributed by atoms with Crippen LogP contribution < -0.4 is 19.1 Å². The van der Waals surface area contributed by atoms with Crippen molar-refractivity contribution in [3.8, 4) is 11.5 Å². The van der Waals surface area contributed by atoms with Crippen molar-refractivity contribution in [1.82, 2.24) is 15.1 Å². The second kappa shape index (κ2) is 8.92. The first kappa shape index (κ1) is 23.2. The summed E-state index contributed by atoms with van der Waals surface area (Å²) in [6.07, 6.45) is 0.668. The van der Waals surface area contributed by atoms with Gasteiger partial charge in [0.1, 0.15) is 24.7 Å². The summed E-state index contributed by atoms with van der Waals surface area (Å²) in [5.74, 6) is 1.08. The van der Waals surface area contributed by atoms with E-state index in [1.165, 1.54) is 8.99 Å². The molecule has 3 aromatic rings. The topological polar surface area (TPSA) is 103 Å². The number of ether oxygens (including phenoxy) is 2. The van der Waals surface area contributed by atoms with Crippen molar-refractivity contribution in [2.24, 2.45) is 0 Å². The Morgan fingerprint density at radius 3 is 2.66 bits per heavy atom. The zero-order valence-electron chi connectivity index (χ0n) is 19.9. The molecule has 0 saturated heterocycles. The standard InChI is InChI=1S/C25H28N4O5S/c1-16(20-8-9-22-23(14-20)34-13-12-33-22)26-24(30)15-28-18(3)25(17(2)27-28)35(31,32)29-11-10-19-6-4-5-7-21(19)29/h4-9,14,16H,10-13,15H2,1-3H3,(H,26,30)/t16-/m1/s1. The molecule has 1 aromatic heterocycles. The highest BCUT2D eigenvalue weighted by Crippen LogP contribution is 2.35. The van der Waals surface area contributed by atoms with Crippen LogP contribution in [-0.2, 0) is 27.8 Å². The van der Waals surface area contributed by atoms with E-state index in [4.69, 9.17) is 9.47 Å². The average molecular weight is 497 g/mol. The second-order valence-electron chi connectivity index (χ2n) is 8.81. The first-order valence-corrected chi connectivity index (χ1v) is 13.0. The molecule has 1 N–H and O–H groups in total. The number of nitrogens with one attached hydrogen (secondary N) is 1. The van der Waals surface area contributed by atoms with Crippen LogP contribution in [0.3, 0.4) is 0 Å². The highest BCUT2D eigenvalue weighted by Gasteiger charge is 2.35. The summed E-state index contributed by atoms with van der Waals surface area (Å²) in [5.41, 5.74) is 3.40. The molecule has 35 heavy (non-hydrogen) atoms. The summed E-state index contributed by atoms with van der Waals surface area (Å²) in [7, 11) is -3.81. The van der Waals surface area contributed by atoms with Crippen LogP contribution in [0.1, 0.15) is 35.5 Å². The van der Waals surface area contributed by atoms with Crippen LogP contribution in [0.2, 0.25) is 0 Å². The number of fused-ring (bicyclic) bond motifs is 2. The lowest BCUT2D eigenvalue weighted by Crippen LogP contribution is -2.31. The van der Waals surface area contributed by atoms with Crippen molar-refractivity contribution in [2.75, 3.05) is 24.1 Å². The van der Waals surface area contributed by atoms with Gasteiger partial charge in [0.05, 0.1) is 23.1 Å². The van der Waals surface area contributed by atoms with Crippen molar-refractivity contribution >= 4 is 21.6 Å². The van der Waals surface area contributed by atoms with Crippen molar-refractivity contribution < 1.29 is 22.7 Å². The van der Waals surface area contributed by atoms with E-state index in [9.17, 15) is 13.2 Å². The molecular formula is C25H28N4O5S. The van der Waals surface area contributed by atoms with Crippen LogP contribution in [0.25, 0.3) is 0 Å². The molecule has 2 aliphatic heterocycles. The van der Waals surface area contributed by atoms with E-state index in [-0.39, 0.29) is 23.4 Å². The Hall–Kier alpha value is -3.53. The fourth-order valence-corrected chi connectivity index (χ4v) is 6.59. The van der Waals surface area contributed by atoms with Crippen LogP contribution >= 0.6 is 0 Å². The van der Waals surface area contributed by atoms with Gasteiger partial charge in [-0.05, 0) is 56.5 Å². The molecule has 2 aliphatic rings. The Morgan fingerprint density at radius 1 is 1.11 bits per heavy atom. The number of sulfonamides is 1. The molecule has 184 valence electrons. The quantitative estimate of drug-likeness (QED) is 0.563. The van der Waals surface area contributed by atoms with Crippen molar-refractivity contribution in [2.45, 2.75) is 44.7 Å². The third kappa shape index (κ3) is 4.22. The largest absolute Gasteiger partial charge is 0.486 e. The zero-order chi connectivity index (χ0) is 24.7. The van der Waals surface area contributed by atoms with Crippen LogP contribution in [0.5, 0.6) is 11.5 Å². The summed E-state index contributed by atoms with van der Waals surface area (Å²) >= 11 is 0. The molecule has 2 aromatic carbocycles. The number of anilines is 1. The Balaban J connectivity index is 1.33. The normalized spacial score (nSPS) is 15.6. The number of para-hydroxylation sites is 1. The summed E-state index contributed by atoms with van der Waals surface area (Å²) in [4.78, 5) is 13.0. The third-order valence-corrected chi connectivity index (χ3v) is 8.51. The number of benzene rings is 2. The van der Waals surface area contributed by atoms with Crippen LogP contribution in [0, 0.1) is 13.8 Å². The fraction of sp³-hybridized carbons (Fsp3) is 0.360. The van der Waals surface area contributed by atoms with E-state index >= 15 is 0 Å². The maximum atomic E-state index is 13.6. The number of rotatable bonds is 6. The first-order chi connectivity index (χ1) is 16.8. The molecule has 0 spiro atoms. The average Bonchev–Trinajstić information content (AvgIpc) is 3.39. The molecule has 0 aliphatic carbocycles. The van der Waals surface area contributed by atoms with Crippen molar-refractivity contribution in [3.63, 3.8) is 0 Å². The monoisotopic (exact) mass is 496 g/mol. The minimum Gasteiger partial charge on any atom is -0.486 e. The SMILES string of the molecule is Cc1nn(CC(=O)N[C@H](C)c2ccc3c(c2)OCCO3)c(C)c1S(=O)(=O)N1CCc2ccccc21. The van der Waals surface area contributed by atoms with Gasteiger partial charge in [-0.15, -0.1) is 0 Å². The minimum atomic E-state index is -3.81. The molecule has 1 amide bonds. The van der Waals surface area contributed by atoms with Crippen LogP contribution in [0.15, 0.2) is 47.4 Å². The van der Waals surface area contributed by atoms with E-state index in [0.717, 1.165) is 11.1 Å². The zero-order valence-corrected chi connectivity index (χ0v) is 20.8. The van der Waals surface area contributed by atoms with Gasteiger partial charge in [0.15, 0.2) is 11.5 Å². The summed E-state index contributed by atoms with van der Waals surface area (Å²) in [6.45, 7) is 6.53. The molecule has 0 fully saturated rings. The Kier molecular flexibility index (Phi) is 5.92. The van der Waals surface area contributed by atoms with Gasteiger partial charge in [0.2, 0.25) is 5.91 Å². The van der Waals surface area contributed by atoms with Gasteiger partial charge in [-0.1, -0.05) is 24.3 Å². The van der Waals surface area contributed by atoms with Gasteiger partial charge < -0.3 is 14.8 Å². The summed E-state index contributed by atoms with van der Waals surface area (Å²) in [6, 6.07) is 12.8. The fourth-order valence-electron chi connectivity index (χ4n) is 4.71. The molecular weight excluding hydrogens is 468 g/mol.